The number of hydrogen-bond acceptors (Lipinski definition) is 5. The van der Waals surface area contributed by atoms with E-state index >= 15 is 0 Å². The molecule has 0 bridgehead atoms. The predicted molar refractivity (Wildman–Crippen MR) is 112 cm³/mol. The summed E-state index contributed by atoms with van der Waals surface area (Å²) in [7, 11) is 1.64. The molecule has 0 atom stereocenters. The third kappa shape index (κ3) is 7.74. The van der Waals surface area contributed by atoms with Crippen LogP contribution in [0.4, 0.5) is 11.4 Å². The summed E-state index contributed by atoms with van der Waals surface area (Å²) in [5.41, 5.74) is 3.36. The van der Waals surface area contributed by atoms with Gasteiger partial charge >= 0.3 is 5.97 Å². The lowest BCUT2D eigenvalue weighted by Gasteiger charge is -2.05. The third-order valence-electron chi connectivity index (χ3n) is 4.23. The van der Waals surface area contributed by atoms with Gasteiger partial charge in [0.2, 0.25) is 0 Å². The molecule has 0 saturated carbocycles. The number of esters is 1. The number of rotatable bonds is 11. The maximum absolute atomic E-state index is 11.3. The Hall–Kier alpha value is -2.95. The van der Waals surface area contributed by atoms with E-state index in [2.05, 4.69) is 28.9 Å². The molecule has 0 aliphatic rings. The van der Waals surface area contributed by atoms with Crippen LogP contribution in [-0.4, -0.2) is 19.7 Å². The quantitative estimate of drug-likeness (QED) is 0.198. The van der Waals surface area contributed by atoms with Crippen molar-refractivity contribution in [3.8, 4) is 5.75 Å². The molecule has 5 nitrogen and oxygen atoms in total. The molecule has 2 aromatic rings. The monoisotopic (exact) mass is 380 g/mol. The molecule has 148 valence electrons. The summed E-state index contributed by atoms with van der Waals surface area (Å²) >= 11 is 0. The molecule has 0 fully saturated rings. The summed E-state index contributed by atoms with van der Waals surface area (Å²) in [6.07, 6.45) is 5.20. The molecule has 0 unspecified atom stereocenters. The second-order valence-corrected chi connectivity index (χ2v) is 6.64. The first kappa shape index (κ1) is 21.4. The van der Waals surface area contributed by atoms with Crippen molar-refractivity contribution in [3.05, 3.63) is 66.2 Å². The van der Waals surface area contributed by atoms with E-state index in [1.54, 1.807) is 14.0 Å². The van der Waals surface area contributed by atoms with Crippen LogP contribution >= 0.6 is 0 Å². The number of hydrogen-bond donors (Lipinski definition) is 0. The summed E-state index contributed by atoms with van der Waals surface area (Å²) in [5.74, 6) is 0.500. The summed E-state index contributed by atoms with van der Waals surface area (Å²) in [5, 5.41) is 8.50. The number of unbranched alkanes of at least 4 members (excludes halogenated alkanes) is 3. The zero-order chi connectivity index (χ0) is 20.2. The average molecular weight is 380 g/mol. The fourth-order valence-electron chi connectivity index (χ4n) is 2.57. The molecule has 0 heterocycles. The van der Waals surface area contributed by atoms with Crippen molar-refractivity contribution in [2.75, 3.05) is 13.7 Å². The number of aryl methyl sites for hydroxylation is 1. The fourth-order valence-corrected chi connectivity index (χ4v) is 2.57. The first-order valence-electron chi connectivity index (χ1n) is 9.56. The highest BCUT2D eigenvalue weighted by molar-refractivity contribution is 5.86. The maximum Gasteiger partial charge on any atom is 0.333 e. The maximum atomic E-state index is 11.3. The van der Waals surface area contributed by atoms with Crippen molar-refractivity contribution in [1.29, 1.82) is 0 Å². The summed E-state index contributed by atoms with van der Waals surface area (Å²) in [4.78, 5) is 11.3. The van der Waals surface area contributed by atoms with Crippen LogP contribution in [0, 0.1) is 0 Å². The standard InChI is InChI=1S/C23H28N2O3/c1-18(2)23(26)28-17-7-5-4-6-8-19-9-11-20(12-10-19)24-25-21-13-15-22(27-3)16-14-21/h9-16H,1,4-8,17H2,2-3H3. The van der Waals surface area contributed by atoms with E-state index in [1.807, 2.05) is 36.4 Å². The van der Waals surface area contributed by atoms with E-state index in [9.17, 15) is 4.79 Å². The molecule has 0 N–H and O–H groups in total. The molecule has 0 radical (unpaired) electrons. The smallest absolute Gasteiger partial charge is 0.333 e. The molecule has 0 aliphatic heterocycles. The minimum Gasteiger partial charge on any atom is -0.497 e. The lowest BCUT2D eigenvalue weighted by Crippen LogP contribution is -2.06. The van der Waals surface area contributed by atoms with Crippen LogP contribution in [0.3, 0.4) is 0 Å². The van der Waals surface area contributed by atoms with Crippen molar-refractivity contribution < 1.29 is 14.3 Å². The topological polar surface area (TPSA) is 60.2 Å². The van der Waals surface area contributed by atoms with Crippen LogP contribution in [0.5, 0.6) is 5.75 Å². The lowest BCUT2D eigenvalue weighted by atomic mass is 10.1. The first-order valence-corrected chi connectivity index (χ1v) is 9.56. The summed E-state index contributed by atoms with van der Waals surface area (Å²) in [6, 6.07) is 15.6. The van der Waals surface area contributed by atoms with Gasteiger partial charge in [0.15, 0.2) is 0 Å². The van der Waals surface area contributed by atoms with Crippen LogP contribution in [0.25, 0.3) is 0 Å². The Labute approximate surface area is 167 Å². The number of benzene rings is 2. The third-order valence-corrected chi connectivity index (χ3v) is 4.23. The minimum atomic E-state index is -0.302. The molecule has 0 spiro atoms. The highest BCUT2D eigenvalue weighted by Crippen LogP contribution is 2.21. The lowest BCUT2D eigenvalue weighted by molar-refractivity contribution is -0.139. The Morgan fingerprint density at radius 2 is 1.46 bits per heavy atom. The number of nitrogens with zero attached hydrogens (tertiary/aromatic N) is 2. The number of methoxy groups -OCH3 is 1. The Bertz CT molecular complexity index is 780. The predicted octanol–water partition coefficient (Wildman–Crippen LogP) is 6.33. The number of ether oxygens (including phenoxy) is 2. The van der Waals surface area contributed by atoms with E-state index in [-0.39, 0.29) is 5.97 Å². The summed E-state index contributed by atoms with van der Waals surface area (Å²) < 4.78 is 10.2. The number of azo groups is 1. The molecule has 2 aromatic carbocycles. The molecule has 0 aromatic heterocycles. The van der Waals surface area contributed by atoms with Gasteiger partial charge in [-0.25, -0.2) is 4.79 Å². The molecule has 0 aliphatic carbocycles. The van der Waals surface area contributed by atoms with Gasteiger partial charge in [0.1, 0.15) is 5.75 Å². The van der Waals surface area contributed by atoms with E-state index in [0.29, 0.717) is 12.2 Å². The number of carbonyl (C=O) groups excluding carboxylic acids is 1. The molecular weight excluding hydrogens is 352 g/mol. The van der Waals surface area contributed by atoms with Crippen molar-refractivity contribution in [2.45, 2.75) is 39.0 Å². The molecule has 28 heavy (non-hydrogen) atoms. The van der Waals surface area contributed by atoms with E-state index < -0.39 is 0 Å². The van der Waals surface area contributed by atoms with Gasteiger partial charge in [0, 0.05) is 5.57 Å². The molecule has 0 saturated heterocycles. The second-order valence-electron chi connectivity index (χ2n) is 6.64. The Morgan fingerprint density at radius 3 is 2.04 bits per heavy atom. The highest BCUT2D eigenvalue weighted by Gasteiger charge is 2.02. The van der Waals surface area contributed by atoms with E-state index in [0.717, 1.165) is 49.2 Å². The van der Waals surface area contributed by atoms with Gasteiger partial charge in [-0.15, -0.1) is 0 Å². The van der Waals surface area contributed by atoms with Gasteiger partial charge in [0.05, 0.1) is 25.1 Å². The first-order chi connectivity index (χ1) is 13.6. The van der Waals surface area contributed by atoms with Gasteiger partial charge in [-0.3, -0.25) is 0 Å². The van der Waals surface area contributed by atoms with Crippen molar-refractivity contribution in [2.24, 2.45) is 10.2 Å². The Morgan fingerprint density at radius 1 is 0.893 bits per heavy atom. The van der Waals surface area contributed by atoms with Crippen molar-refractivity contribution in [1.82, 2.24) is 0 Å². The molecule has 0 amide bonds. The second kappa shape index (κ2) is 11.7. The number of carbonyl (C=O) groups is 1. The van der Waals surface area contributed by atoms with Gasteiger partial charge in [0.25, 0.3) is 0 Å². The zero-order valence-corrected chi connectivity index (χ0v) is 16.7. The molecule has 5 heteroatoms. The molecular formula is C23H28N2O3. The SMILES string of the molecule is C=C(C)C(=O)OCCCCCCc1ccc(N=Nc2ccc(OC)cc2)cc1. The van der Waals surface area contributed by atoms with Crippen LogP contribution < -0.4 is 4.74 Å². The van der Waals surface area contributed by atoms with Gasteiger partial charge < -0.3 is 9.47 Å². The van der Waals surface area contributed by atoms with E-state index in [4.69, 9.17) is 9.47 Å². The Kier molecular flexibility index (Phi) is 8.92. The van der Waals surface area contributed by atoms with Crippen LogP contribution in [-0.2, 0) is 16.0 Å². The van der Waals surface area contributed by atoms with Crippen LogP contribution in [0.2, 0.25) is 0 Å². The Balaban J connectivity index is 1.66. The average Bonchev–Trinajstić information content (AvgIpc) is 2.72. The zero-order valence-electron chi connectivity index (χ0n) is 16.7. The minimum absolute atomic E-state index is 0.302. The fraction of sp³-hybridized carbons (Fsp3) is 0.348. The normalized spacial score (nSPS) is 10.8. The highest BCUT2D eigenvalue weighted by atomic mass is 16.5. The largest absolute Gasteiger partial charge is 0.497 e. The molecule has 2 rings (SSSR count). The van der Waals surface area contributed by atoms with Gasteiger partial charge in [-0.2, -0.15) is 10.2 Å². The van der Waals surface area contributed by atoms with E-state index in [1.165, 1.54) is 5.56 Å². The van der Waals surface area contributed by atoms with Gasteiger partial charge in [-0.05, 0) is 68.1 Å². The van der Waals surface area contributed by atoms with Crippen molar-refractivity contribution >= 4 is 17.3 Å². The van der Waals surface area contributed by atoms with Gasteiger partial charge in [-0.1, -0.05) is 31.6 Å². The van der Waals surface area contributed by atoms with Crippen LogP contribution in [0.15, 0.2) is 70.9 Å². The van der Waals surface area contributed by atoms with Crippen molar-refractivity contribution in [3.63, 3.8) is 0 Å². The van der Waals surface area contributed by atoms with Crippen LogP contribution in [0.1, 0.15) is 38.2 Å². The summed E-state index contributed by atoms with van der Waals surface area (Å²) in [6.45, 7) is 5.70.